The van der Waals surface area contributed by atoms with E-state index >= 15 is 0 Å². The summed E-state index contributed by atoms with van der Waals surface area (Å²) < 4.78 is 18.6. The van der Waals surface area contributed by atoms with E-state index in [0.29, 0.717) is 23.3 Å². The molecule has 0 heterocycles. The Bertz CT molecular complexity index is 329. The van der Waals surface area contributed by atoms with Crippen LogP contribution in [0.4, 0.5) is 4.39 Å². The van der Waals surface area contributed by atoms with Crippen molar-refractivity contribution in [3.63, 3.8) is 0 Å². The molecule has 0 saturated carbocycles. The number of phenolic OH excluding ortho intramolecular Hbond substituents is 1. The number of ether oxygens (including phenoxy) is 1. The molecule has 4 heteroatoms. The Hall–Kier alpha value is -0.770. The fraction of sp³-hybridized carbons (Fsp3) is 0.400. The standard InChI is InChI=1S/C10H12BrFO2/c1-4-6-9(13)7(11)8(12)5(2)10(6)14-3/h13H,4H2,1-3H3. The van der Waals surface area contributed by atoms with Gasteiger partial charge in [-0.25, -0.2) is 4.39 Å². The predicted molar refractivity (Wildman–Crippen MR) is 56.4 cm³/mol. The maximum atomic E-state index is 13.5. The number of phenols is 1. The zero-order chi connectivity index (χ0) is 10.9. The van der Waals surface area contributed by atoms with Crippen LogP contribution in [0.1, 0.15) is 18.1 Å². The Morgan fingerprint density at radius 3 is 2.50 bits per heavy atom. The zero-order valence-electron chi connectivity index (χ0n) is 8.32. The zero-order valence-corrected chi connectivity index (χ0v) is 9.90. The highest BCUT2D eigenvalue weighted by molar-refractivity contribution is 9.10. The summed E-state index contributed by atoms with van der Waals surface area (Å²) in [6, 6.07) is 0. The highest BCUT2D eigenvalue weighted by Gasteiger charge is 2.19. The lowest BCUT2D eigenvalue weighted by molar-refractivity contribution is 0.389. The Morgan fingerprint density at radius 2 is 2.07 bits per heavy atom. The minimum atomic E-state index is -0.475. The van der Waals surface area contributed by atoms with Gasteiger partial charge in [-0.2, -0.15) is 0 Å². The third kappa shape index (κ3) is 1.59. The van der Waals surface area contributed by atoms with Crippen LogP contribution in [-0.4, -0.2) is 12.2 Å². The van der Waals surface area contributed by atoms with Gasteiger partial charge in [0.1, 0.15) is 17.3 Å². The molecule has 0 saturated heterocycles. The molecule has 1 aromatic rings. The minimum Gasteiger partial charge on any atom is -0.506 e. The lowest BCUT2D eigenvalue weighted by atomic mass is 10.1. The molecule has 0 atom stereocenters. The second kappa shape index (κ2) is 4.17. The van der Waals surface area contributed by atoms with Crippen molar-refractivity contribution in [2.75, 3.05) is 7.11 Å². The third-order valence-electron chi connectivity index (χ3n) is 2.19. The van der Waals surface area contributed by atoms with Crippen LogP contribution in [0.25, 0.3) is 0 Å². The number of methoxy groups -OCH3 is 1. The highest BCUT2D eigenvalue weighted by Crippen LogP contribution is 2.40. The molecule has 0 aliphatic carbocycles. The van der Waals surface area contributed by atoms with Crippen molar-refractivity contribution < 1.29 is 14.2 Å². The number of rotatable bonds is 2. The van der Waals surface area contributed by atoms with E-state index in [1.807, 2.05) is 6.92 Å². The average Bonchev–Trinajstić information content (AvgIpc) is 2.20. The maximum Gasteiger partial charge on any atom is 0.147 e. The molecule has 1 N–H and O–H groups in total. The first-order chi connectivity index (χ1) is 6.54. The molecule has 0 aliphatic rings. The first kappa shape index (κ1) is 11.3. The van der Waals surface area contributed by atoms with Crippen LogP contribution in [-0.2, 0) is 6.42 Å². The van der Waals surface area contributed by atoms with Gasteiger partial charge in [0.25, 0.3) is 0 Å². The number of aromatic hydroxyl groups is 1. The lowest BCUT2D eigenvalue weighted by Crippen LogP contribution is -1.98. The summed E-state index contributed by atoms with van der Waals surface area (Å²) in [5.74, 6) is -0.130. The van der Waals surface area contributed by atoms with E-state index in [-0.39, 0.29) is 10.2 Å². The Kier molecular flexibility index (Phi) is 3.37. The van der Waals surface area contributed by atoms with Crippen molar-refractivity contribution in [3.8, 4) is 11.5 Å². The van der Waals surface area contributed by atoms with Crippen LogP contribution >= 0.6 is 15.9 Å². The molecule has 2 nitrogen and oxygen atoms in total. The van der Waals surface area contributed by atoms with Crippen LogP contribution in [0.3, 0.4) is 0 Å². The maximum absolute atomic E-state index is 13.5. The lowest BCUT2D eigenvalue weighted by Gasteiger charge is -2.14. The molecule has 1 aromatic carbocycles. The number of hydrogen-bond acceptors (Lipinski definition) is 2. The molecule has 0 spiro atoms. The predicted octanol–water partition coefficient (Wildman–Crippen LogP) is 3.17. The SMILES string of the molecule is CCc1c(O)c(Br)c(F)c(C)c1OC. The van der Waals surface area contributed by atoms with Crippen LogP contribution in [0, 0.1) is 12.7 Å². The van der Waals surface area contributed by atoms with Gasteiger partial charge < -0.3 is 9.84 Å². The van der Waals surface area contributed by atoms with E-state index < -0.39 is 5.82 Å². The molecular formula is C10H12BrFO2. The monoisotopic (exact) mass is 262 g/mol. The molecule has 0 aliphatic heterocycles. The first-order valence-electron chi connectivity index (χ1n) is 4.27. The van der Waals surface area contributed by atoms with Crippen molar-refractivity contribution in [2.45, 2.75) is 20.3 Å². The summed E-state index contributed by atoms with van der Waals surface area (Å²) in [6.07, 6.45) is 0.592. The van der Waals surface area contributed by atoms with Gasteiger partial charge in [0.2, 0.25) is 0 Å². The van der Waals surface area contributed by atoms with Gasteiger partial charge in [0, 0.05) is 11.1 Å². The van der Waals surface area contributed by atoms with Gasteiger partial charge in [0.05, 0.1) is 11.6 Å². The first-order valence-corrected chi connectivity index (χ1v) is 5.07. The summed E-state index contributed by atoms with van der Waals surface area (Å²) in [4.78, 5) is 0. The van der Waals surface area contributed by atoms with Crippen LogP contribution < -0.4 is 4.74 Å². The van der Waals surface area contributed by atoms with E-state index in [1.54, 1.807) is 6.92 Å². The van der Waals surface area contributed by atoms with Gasteiger partial charge in [-0.3, -0.25) is 0 Å². The molecule has 0 radical (unpaired) electrons. The summed E-state index contributed by atoms with van der Waals surface area (Å²) in [5.41, 5.74) is 1.03. The van der Waals surface area contributed by atoms with Crippen molar-refractivity contribution in [2.24, 2.45) is 0 Å². The minimum absolute atomic E-state index is 0.0764. The summed E-state index contributed by atoms with van der Waals surface area (Å²) >= 11 is 3.00. The van der Waals surface area contributed by atoms with Crippen molar-refractivity contribution in [1.29, 1.82) is 0 Å². The van der Waals surface area contributed by atoms with Crippen LogP contribution in [0.2, 0.25) is 0 Å². The molecule has 0 fully saturated rings. The van der Waals surface area contributed by atoms with Crippen molar-refractivity contribution >= 4 is 15.9 Å². The number of benzene rings is 1. The fourth-order valence-corrected chi connectivity index (χ4v) is 1.98. The van der Waals surface area contributed by atoms with Crippen molar-refractivity contribution in [3.05, 3.63) is 21.4 Å². The van der Waals surface area contributed by atoms with Gasteiger partial charge in [0.15, 0.2) is 0 Å². The topological polar surface area (TPSA) is 29.5 Å². The van der Waals surface area contributed by atoms with Gasteiger partial charge in [-0.05, 0) is 29.3 Å². The summed E-state index contributed by atoms with van der Waals surface area (Å²) in [6.45, 7) is 3.50. The molecule has 1 rings (SSSR count). The van der Waals surface area contributed by atoms with Crippen LogP contribution in [0.5, 0.6) is 11.5 Å². The molecule has 0 aromatic heterocycles. The molecule has 78 valence electrons. The van der Waals surface area contributed by atoms with Gasteiger partial charge in [-0.15, -0.1) is 0 Å². The number of hydrogen-bond donors (Lipinski definition) is 1. The molecular weight excluding hydrogens is 251 g/mol. The summed E-state index contributed by atoms with van der Waals surface area (Å²) in [7, 11) is 1.47. The normalized spacial score (nSPS) is 10.4. The third-order valence-corrected chi connectivity index (χ3v) is 2.91. The Balaban J connectivity index is 3.57. The highest BCUT2D eigenvalue weighted by atomic mass is 79.9. The van der Waals surface area contributed by atoms with E-state index in [1.165, 1.54) is 7.11 Å². The van der Waals surface area contributed by atoms with E-state index in [0.717, 1.165) is 0 Å². The van der Waals surface area contributed by atoms with Crippen LogP contribution in [0.15, 0.2) is 4.47 Å². The quantitative estimate of drug-likeness (QED) is 0.887. The number of halogens is 2. The Labute approximate surface area is 90.8 Å². The van der Waals surface area contributed by atoms with E-state index in [2.05, 4.69) is 15.9 Å². The second-order valence-corrected chi connectivity index (χ2v) is 3.76. The smallest absolute Gasteiger partial charge is 0.147 e. The van der Waals surface area contributed by atoms with Crippen molar-refractivity contribution in [1.82, 2.24) is 0 Å². The van der Waals surface area contributed by atoms with E-state index in [4.69, 9.17) is 4.74 Å². The molecule has 0 amide bonds. The van der Waals surface area contributed by atoms with E-state index in [9.17, 15) is 9.50 Å². The summed E-state index contributed by atoms with van der Waals surface area (Å²) in [5, 5.41) is 9.65. The van der Waals surface area contributed by atoms with Gasteiger partial charge in [-0.1, -0.05) is 6.92 Å². The molecule has 0 bridgehead atoms. The fourth-order valence-electron chi connectivity index (χ4n) is 1.44. The average molecular weight is 263 g/mol. The van der Waals surface area contributed by atoms with Gasteiger partial charge >= 0.3 is 0 Å². The molecule has 14 heavy (non-hydrogen) atoms. The molecule has 0 unspecified atom stereocenters. The Morgan fingerprint density at radius 1 is 1.50 bits per heavy atom. The second-order valence-electron chi connectivity index (χ2n) is 2.97. The largest absolute Gasteiger partial charge is 0.506 e.